The number of aromatic nitrogens is 4. The topological polar surface area (TPSA) is 96.0 Å². The lowest BCUT2D eigenvalue weighted by Gasteiger charge is -2.32. The predicted molar refractivity (Wildman–Crippen MR) is 72.3 cm³/mol. The van der Waals surface area contributed by atoms with Crippen LogP contribution in [0.25, 0.3) is 11.0 Å². The van der Waals surface area contributed by atoms with Crippen LogP contribution in [0.2, 0.25) is 0 Å². The first-order valence-electron chi connectivity index (χ1n) is 6.51. The highest BCUT2D eigenvalue weighted by atomic mass is 16.5. The Morgan fingerprint density at radius 1 is 1.55 bits per heavy atom. The second kappa shape index (κ2) is 5.32. The third kappa shape index (κ3) is 2.36. The van der Waals surface area contributed by atoms with Gasteiger partial charge in [-0.3, -0.25) is 5.10 Å². The summed E-state index contributed by atoms with van der Waals surface area (Å²) in [7, 11) is 1.40. The number of aromatic amines is 1. The maximum Gasteiger partial charge on any atom is 0.409 e. The second-order valence-electron chi connectivity index (χ2n) is 4.75. The first kappa shape index (κ1) is 12.6. The monoisotopic (exact) mass is 276 g/mol. The zero-order valence-electron chi connectivity index (χ0n) is 11.2. The summed E-state index contributed by atoms with van der Waals surface area (Å²) < 4.78 is 4.76. The van der Waals surface area contributed by atoms with Gasteiger partial charge in [0.25, 0.3) is 0 Å². The van der Waals surface area contributed by atoms with Gasteiger partial charge in [-0.2, -0.15) is 5.10 Å². The normalized spacial score (nSPS) is 19.1. The molecule has 2 aromatic rings. The largest absolute Gasteiger partial charge is 0.453 e. The Hall–Kier alpha value is -2.38. The van der Waals surface area contributed by atoms with E-state index in [0.717, 1.165) is 30.6 Å². The number of methoxy groups -OCH3 is 1. The Morgan fingerprint density at radius 2 is 2.45 bits per heavy atom. The Labute approximate surface area is 115 Å². The Balaban J connectivity index is 1.74. The molecule has 2 N–H and O–H groups in total. The molecule has 0 spiro atoms. The number of H-pyrrole nitrogens is 1. The van der Waals surface area contributed by atoms with Gasteiger partial charge in [0.05, 0.1) is 18.7 Å². The van der Waals surface area contributed by atoms with Gasteiger partial charge in [0, 0.05) is 19.1 Å². The molecule has 0 saturated carbocycles. The van der Waals surface area contributed by atoms with E-state index < -0.39 is 0 Å². The van der Waals surface area contributed by atoms with E-state index in [1.807, 2.05) is 0 Å². The first-order valence-corrected chi connectivity index (χ1v) is 6.51. The number of nitrogens with zero attached hydrogens (tertiary/aromatic N) is 4. The van der Waals surface area contributed by atoms with Crippen LogP contribution in [0.4, 0.5) is 10.6 Å². The Morgan fingerprint density at radius 3 is 3.30 bits per heavy atom. The number of nitrogens with one attached hydrogen (secondary N) is 2. The number of likely N-dealkylation sites (tertiary alicyclic amines) is 1. The molecule has 2 aromatic heterocycles. The van der Waals surface area contributed by atoms with Crippen LogP contribution in [-0.4, -0.2) is 57.4 Å². The zero-order valence-corrected chi connectivity index (χ0v) is 11.2. The maximum atomic E-state index is 11.6. The SMILES string of the molecule is COC(=O)N1CCCC(Nc2ncnc3[nH]ncc23)C1. The van der Waals surface area contributed by atoms with Crippen molar-refractivity contribution in [3.05, 3.63) is 12.5 Å². The van der Waals surface area contributed by atoms with Crippen LogP contribution in [0.3, 0.4) is 0 Å². The molecule has 1 saturated heterocycles. The van der Waals surface area contributed by atoms with Crippen molar-refractivity contribution in [2.75, 3.05) is 25.5 Å². The van der Waals surface area contributed by atoms with Crippen LogP contribution in [-0.2, 0) is 4.74 Å². The molecule has 1 atom stereocenters. The molecule has 0 bridgehead atoms. The van der Waals surface area contributed by atoms with Crippen molar-refractivity contribution >= 4 is 22.9 Å². The lowest BCUT2D eigenvalue weighted by molar-refractivity contribution is 0.113. The van der Waals surface area contributed by atoms with Crippen LogP contribution >= 0.6 is 0 Å². The third-order valence-corrected chi connectivity index (χ3v) is 3.44. The number of carbonyl (C=O) groups is 1. The molecule has 0 aliphatic carbocycles. The van der Waals surface area contributed by atoms with Gasteiger partial charge in [-0.1, -0.05) is 0 Å². The molecule has 1 fully saturated rings. The van der Waals surface area contributed by atoms with Crippen LogP contribution in [0.5, 0.6) is 0 Å². The van der Waals surface area contributed by atoms with Crippen molar-refractivity contribution in [3.8, 4) is 0 Å². The summed E-state index contributed by atoms with van der Waals surface area (Å²) in [5.74, 6) is 0.737. The van der Waals surface area contributed by atoms with Gasteiger partial charge < -0.3 is 15.0 Å². The summed E-state index contributed by atoms with van der Waals surface area (Å²) in [6.45, 7) is 1.34. The van der Waals surface area contributed by atoms with Crippen LogP contribution in [0, 0.1) is 0 Å². The summed E-state index contributed by atoms with van der Waals surface area (Å²) >= 11 is 0. The van der Waals surface area contributed by atoms with Crippen molar-refractivity contribution in [2.45, 2.75) is 18.9 Å². The molecule has 20 heavy (non-hydrogen) atoms. The minimum atomic E-state index is -0.285. The first-order chi connectivity index (χ1) is 9.78. The second-order valence-corrected chi connectivity index (χ2v) is 4.75. The number of fused-ring (bicyclic) bond motifs is 1. The minimum absolute atomic E-state index is 0.149. The number of piperidine rings is 1. The van der Waals surface area contributed by atoms with E-state index in [4.69, 9.17) is 4.74 Å². The molecular weight excluding hydrogens is 260 g/mol. The molecule has 3 heterocycles. The Kier molecular flexibility index (Phi) is 3.36. The van der Waals surface area contributed by atoms with E-state index in [1.165, 1.54) is 13.4 Å². The van der Waals surface area contributed by atoms with Crippen LogP contribution < -0.4 is 5.32 Å². The third-order valence-electron chi connectivity index (χ3n) is 3.44. The number of anilines is 1. The standard InChI is InChI=1S/C12H16N6O2/c1-20-12(19)18-4-2-3-8(6-18)16-10-9-5-15-17-11(9)14-7-13-10/h5,7-8H,2-4,6H2,1H3,(H2,13,14,15,16,17). The molecule has 1 unspecified atom stereocenters. The number of hydrogen-bond acceptors (Lipinski definition) is 6. The molecule has 1 aliphatic rings. The summed E-state index contributed by atoms with van der Waals surface area (Å²) in [4.78, 5) is 21.6. The van der Waals surface area contributed by atoms with Gasteiger partial charge in [0.1, 0.15) is 12.1 Å². The predicted octanol–water partition coefficient (Wildman–Crippen LogP) is 0.996. The molecule has 0 aromatic carbocycles. The molecule has 1 amide bonds. The fourth-order valence-electron chi connectivity index (χ4n) is 2.46. The number of carbonyl (C=O) groups excluding carboxylic acids is 1. The van der Waals surface area contributed by atoms with Gasteiger partial charge in [-0.05, 0) is 12.8 Å². The summed E-state index contributed by atoms with van der Waals surface area (Å²) in [5, 5.41) is 11.0. The van der Waals surface area contributed by atoms with Crippen molar-refractivity contribution in [1.29, 1.82) is 0 Å². The van der Waals surface area contributed by atoms with Crippen molar-refractivity contribution in [2.24, 2.45) is 0 Å². The van der Waals surface area contributed by atoms with E-state index >= 15 is 0 Å². The zero-order chi connectivity index (χ0) is 13.9. The van der Waals surface area contributed by atoms with Crippen LogP contribution in [0.15, 0.2) is 12.5 Å². The molecule has 0 radical (unpaired) electrons. The smallest absolute Gasteiger partial charge is 0.409 e. The molecule has 3 rings (SSSR count). The van der Waals surface area contributed by atoms with Crippen molar-refractivity contribution in [1.82, 2.24) is 25.1 Å². The van der Waals surface area contributed by atoms with E-state index in [2.05, 4.69) is 25.5 Å². The van der Waals surface area contributed by atoms with E-state index in [1.54, 1.807) is 11.1 Å². The fraction of sp³-hybridized carbons (Fsp3) is 0.500. The average molecular weight is 276 g/mol. The summed E-state index contributed by atoms with van der Waals surface area (Å²) in [6.07, 6.45) is 4.82. The van der Waals surface area contributed by atoms with Crippen LogP contribution in [0.1, 0.15) is 12.8 Å². The average Bonchev–Trinajstić information content (AvgIpc) is 2.96. The highest BCUT2D eigenvalue weighted by Crippen LogP contribution is 2.20. The number of ether oxygens (including phenoxy) is 1. The number of rotatable bonds is 2. The molecular formula is C12H16N6O2. The number of hydrogen-bond donors (Lipinski definition) is 2. The van der Waals surface area contributed by atoms with Gasteiger partial charge in [-0.25, -0.2) is 14.8 Å². The van der Waals surface area contributed by atoms with E-state index in [0.29, 0.717) is 12.2 Å². The van der Waals surface area contributed by atoms with E-state index in [9.17, 15) is 4.79 Å². The number of amides is 1. The lowest BCUT2D eigenvalue weighted by Crippen LogP contribution is -2.45. The van der Waals surface area contributed by atoms with Gasteiger partial charge in [0.15, 0.2) is 5.65 Å². The molecule has 8 nitrogen and oxygen atoms in total. The highest BCUT2D eigenvalue weighted by molar-refractivity contribution is 5.85. The Bertz CT molecular complexity index is 613. The molecule has 8 heteroatoms. The molecule has 106 valence electrons. The summed E-state index contributed by atoms with van der Waals surface area (Å²) in [5.41, 5.74) is 0.697. The summed E-state index contributed by atoms with van der Waals surface area (Å²) in [6, 6.07) is 0.149. The minimum Gasteiger partial charge on any atom is -0.453 e. The van der Waals surface area contributed by atoms with Crippen molar-refractivity contribution < 1.29 is 9.53 Å². The quantitative estimate of drug-likeness (QED) is 0.849. The lowest BCUT2D eigenvalue weighted by atomic mass is 10.1. The van der Waals surface area contributed by atoms with E-state index in [-0.39, 0.29) is 12.1 Å². The highest BCUT2D eigenvalue weighted by Gasteiger charge is 2.24. The van der Waals surface area contributed by atoms with Gasteiger partial charge >= 0.3 is 6.09 Å². The molecule has 1 aliphatic heterocycles. The van der Waals surface area contributed by atoms with Crippen molar-refractivity contribution in [3.63, 3.8) is 0 Å². The maximum absolute atomic E-state index is 11.6. The van der Waals surface area contributed by atoms with Gasteiger partial charge in [0.2, 0.25) is 0 Å². The fourth-order valence-corrected chi connectivity index (χ4v) is 2.46. The van der Waals surface area contributed by atoms with Gasteiger partial charge in [-0.15, -0.1) is 0 Å².